The SMILES string of the molecule is O=C1NCCCCC(C(=O)NCc2sc(S(=O)(=O)O)cc2S(=O)(=O)O)NC(=O)c2cc3nc(c2)-c2cc1cc(n2)CN1Cc2cccc(n2)-c2cccc(n2)CN(Cc2cccc(n2)-c2cccc(n2)C1)C3. The standard InChI is InChI=1S/C49H45N11O9S3/c61-47-29-17-35-27-59-23-31-7-3-12-37(52-31)39-14-5-9-33(54-39)25-60(26-34-10-6-15-40(55-34)38-13-4-8-32(24-59)53-38)28-36-18-30(20-43(57-36)42(19-29)56-35)48(62)58-41(11-1-2-16-50-47)49(63)51-22-44-45(71(64,65)66)21-46(70-44)72(67,68)69/h3-10,12-15,17-21,41H,1-2,11,16,22-28H2,(H,50,61)(H,51,63)(H,58,62)(H,64,65,66)(H,67,68,69). The van der Waals surface area contributed by atoms with Crippen molar-refractivity contribution in [3.05, 3.63) is 153 Å². The Balaban J connectivity index is 1.09. The van der Waals surface area contributed by atoms with Crippen LogP contribution in [0.2, 0.25) is 0 Å². The minimum absolute atomic E-state index is 0.0695. The fourth-order valence-corrected chi connectivity index (χ4v) is 11.8. The summed E-state index contributed by atoms with van der Waals surface area (Å²) in [5.74, 6) is -1.79. The second-order valence-corrected chi connectivity index (χ2v) is 21.8. The molecule has 11 heterocycles. The molecule has 0 saturated heterocycles. The summed E-state index contributed by atoms with van der Waals surface area (Å²) in [5.41, 5.74) is 7.70. The average Bonchev–Trinajstić information content (AvgIpc) is 3.81. The number of amides is 3. The highest BCUT2D eigenvalue weighted by atomic mass is 32.3. The third-order valence-electron chi connectivity index (χ3n) is 12.1. The Morgan fingerprint density at radius 3 is 1.49 bits per heavy atom. The zero-order valence-electron chi connectivity index (χ0n) is 38.2. The molecule has 0 fully saturated rings. The molecule has 0 spiro atoms. The van der Waals surface area contributed by atoms with E-state index in [1.165, 1.54) is 0 Å². The van der Waals surface area contributed by atoms with E-state index in [2.05, 4.69) is 25.8 Å². The number of aromatic nitrogens is 6. The second-order valence-electron chi connectivity index (χ2n) is 17.6. The van der Waals surface area contributed by atoms with Gasteiger partial charge in [0.1, 0.15) is 15.1 Å². The Bertz CT molecular complexity index is 3420. The molecule has 3 amide bonds. The summed E-state index contributed by atoms with van der Waals surface area (Å²) in [6.07, 6.45) is 0.793. The molecular formula is C49H45N11O9S3. The van der Waals surface area contributed by atoms with Crippen LogP contribution < -0.4 is 16.0 Å². The highest BCUT2D eigenvalue weighted by molar-refractivity contribution is 7.88. The van der Waals surface area contributed by atoms with Gasteiger partial charge in [-0.05, 0) is 98.1 Å². The van der Waals surface area contributed by atoms with Crippen LogP contribution in [0.5, 0.6) is 0 Å². The first-order valence-corrected chi connectivity index (χ1v) is 26.5. The van der Waals surface area contributed by atoms with E-state index in [1.54, 1.807) is 24.3 Å². The molecular weight excluding hydrogens is 983 g/mol. The summed E-state index contributed by atoms with van der Waals surface area (Å²) in [4.78, 5) is 76.4. The van der Waals surface area contributed by atoms with Crippen LogP contribution in [0.1, 0.15) is 79.0 Å². The highest BCUT2D eigenvalue weighted by Crippen LogP contribution is 2.31. The molecule has 0 radical (unpaired) electrons. The molecule has 20 nitrogen and oxygen atoms in total. The van der Waals surface area contributed by atoms with Crippen molar-refractivity contribution < 1.29 is 40.3 Å². The number of hydrogen-bond donors (Lipinski definition) is 5. The van der Waals surface area contributed by atoms with E-state index >= 15 is 0 Å². The van der Waals surface area contributed by atoms with Gasteiger partial charge in [0, 0.05) is 61.8 Å². The van der Waals surface area contributed by atoms with Crippen LogP contribution in [0, 0.1) is 0 Å². The monoisotopic (exact) mass is 1030 g/mol. The van der Waals surface area contributed by atoms with Gasteiger partial charge >= 0.3 is 10.1 Å². The van der Waals surface area contributed by atoms with E-state index in [0.29, 0.717) is 102 Å². The lowest BCUT2D eigenvalue weighted by Gasteiger charge is -2.24. The molecule has 11 rings (SSSR count). The van der Waals surface area contributed by atoms with Crippen molar-refractivity contribution in [2.75, 3.05) is 6.54 Å². The number of carbonyl (C=O) groups is 3. The fraction of sp³-hybridized carbons (Fsp3) is 0.245. The van der Waals surface area contributed by atoms with Crippen molar-refractivity contribution in [1.82, 2.24) is 55.7 Å². The molecule has 4 aliphatic heterocycles. The molecule has 368 valence electrons. The minimum atomic E-state index is -4.98. The summed E-state index contributed by atoms with van der Waals surface area (Å²) in [7, 11) is -9.84. The Morgan fingerprint density at radius 1 is 0.583 bits per heavy atom. The molecule has 5 N–H and O–H groups in total. The first kappa shape index (κ1) is 48.4. The zero-order valence-corrected chi connectivity index (χ0v) is 40.7. The van der Waals surface area contributed by atoms with Crippen molar-refractivity contribution in [3.63, 3.8) is 0 Å². The third-order valence-corrected chi connectivity index (χ3v) is 15.6. The first-order valence-electron chi connectivity index (χ1n) is 22.8. The lowest BCUT2D eigenvalue weighted by Crippen LogP contribution is -2.46. The van der Waals surface area contributed by atoms with Crippen molar-refractivity contribution in [2.45, 2.75) is 80.2 Å². The summed E-state index contributed by atoms with van der Waals surface area (Å²) in [5, 5.41) is 8.38. The summed E-state index contributed by atoms with van der Waals surface area (Å²) < 4.78 is 66.8. The van der Waals surface area contributed by atoms with E-state index in [4.69, 9.17) is 29.9 Å². The number of hydrogen-bond acceptors (Lipinski definition) is 16. The van der Waals surface area contributed by atoms with Crippen molar-refractivity contribution in [1.29, 1.82) is 0 Å². The number of nitrogens with zero attached hydrogens (tertiary/aromatic N) is 8. The van der Waals surface area contributed by atoms with Gasteiger partial charge in [-0.25, -0.2) is 29.9 Å². The predicted molar refractivity (Wildman–Crippen MR) is 262 cm³/mol. The van der Waals surface area contributed by atoms with Crippen LogP contribution in [0.3, 0.4) is 0 Å². The second kappa shape index (κ2) is 20.1. The van der Waals surface area contributed by atoms with E-state index in [-0.39, 0.29) is 48.1 Å². The van der Waals surface area contributed by atoms with Gasteiger partial charge in [0.25, 0.3) is 21.9 Å². The third kappa shape index (κ3) is 11.3. The lowest BCUT2D eigenvalue weighted by atomic mass is 10.1. The zero-order chi connectivity index (χ0) is 50.1. The van der Waals surface area contributed by atoms with E-state index < -0.39 is 53.7 Å². The van der Waals surface area contributed by atoms with Gasteiger partial charge in [0.2, 0.25) is 5.91 Å². The van der Waals surface area contributed by atoms with Gasteiger partial charge in [-0.1, -0.05) is 24.3 Å². The molecule has 1 atom stereocenters. The number of fused-ring (bicyclic) bond motifs is 2. The molecule has 23 heteroatoms. The first-order chi connectivity index (χ1) is 34.6. The molecule has 7 aromatic rings. The van der Waals surface area contributed by atoms with Crippen molar-refractivity contribution >= 4 is 49.3 Å². The topological polar surface area (TPSA) is 280 Å². The van der Waals surface area contributed by atoms with Gasteiger partial charge in [0.05, 0.1) is 74.9 Å². The fourth-order valence-electron chi connectivity index (χ4n) is 8.85. The van der Waals surface area contributed by atoms with Gasteiger partial charge < -0.3 is 16.0 Å². The van der Waals surface area contributed by atoms with Crippen LogP contribution >= 0.6 is 11.3 Å². The van der Waals surface area contributed by atoms with Gasteiger partial charge in [-0.3, -0.25) is 33.3 Å². The van der Waals surface area contributed by atoms with Crippen molar-refractivity contribution in [2.24, 2.45) is 0 Å². The van der Waals surface area contributed by atoms with Crippen LogP contribution in [-0.4, -0.2) is 96.0 Å². The number of rotatable bonds is 5. The Kier molecular flexibility index (Phi) is 13.5. The molecule has 7 aromatic heterocycles. The van der Waals surface area contributed by atoms with Gasteiger partial charge in [-0.2, -0.15) is 16.8 Å². The number of pyridine rings is 6. The molecule has 0 saturated carbocycles. The molecule has 0 aliphatic carbocycles. The Morgan fingerprint density at radius 2 is 1.03 bits per heavy atom. The lowest BCUT2D eigenvalue weighted by molar-refractivity contribution is -0.123. The largest absolute Gasteiger partial charge is 0.352 e. The van der Waals surface area contributed by atoms with Crippen LogP contribution in [0.25, 0.3) is 34.2 Å². The van der Waals surface area contributed by atoms with Crippen LogP contribution in [-0.2, 0) is 70.8 Å². The van der Waals surface area contributed by atoms with Crippen LogP contribution in [0.4, 0.5) is 0 Å². The van der Waals surface area contributed by atoms with Gasteiger partial charge in [-0.15, -0.1) is 11.3 Å². The van der Waals surface area contributed by atoms with E-state index in [0.717, 1.165) is 22.8 Å². The van der Waals surface area contributed by atoms with Crippen molar-refractivity contribution in [3.8, 4) is 34.2 Å². The maximum Gasteiger partial charge on any atom is 0.304 e. The molecule has 72 heavy (non-hydrogen) atoms. The molecule has 0 aromatic carbocycles. The van der Waals surface area contributed by atoms with E-state index in [1.807, 2.05) is 72.8 Å². The Hall–Kier alpha value is -7.25. The maximum absolute atomic E-state index is 14.6. The highest BCUT2D eigenvalue weighted by Gasteiger charge is 2.28. The average molecular weight is 1030 g/mol. The van der Waals surface area contributed by atoms with E-state index in [9.17, 15) is 40.3 Å². The van der Waals surface area contributed by atoms with Crippen LogP contribution in [0.15, 0.2) is 112 Å². The summed E-state index contributed by atoms with van der Waals surface area (Å²) >= 11 is 0.350. The predicted octanol–water partition coefficient (Wildman–Crippen LogP) is 4.97. The van der Waals surface area contributed by atoms with Gasteiger partial charge in [0.15, 0.2) is 0 Å². The maximum atomic E-state index is 14.6. The number of thiophene rings is 1. The smallest absolute Gasteiger partial charge is 0.304 e. The Labute approximate surface area is 417 Å². The summed E-state index contributed by atoms with van der Waals surface area (Å²) in [6.45, 7) is 1.37. The molecule has 4 aliphatic rings. The molecule has 16 bridgehead atoms. The molecule has 1 unspecified atom stereocenters. The number of carbonyl (C=O) groups excluding carboxylic acids is 3. The summed E-state index contributed by atoms with van der Waals surface area (Å²) in [6, 6.07) is 29.1. The number of nitrogens with one attached hydrogen (secondary N) is 3. The normalized spacial score (nSPS) is 18.3. The minimum Gasteiger partial charge on any atom is -0.352 e. The quantitative estimate of drug-likeness (QED) is 0.142.